The summed E-state index contributed by atoms with van der Waals surface area (Å²) in [4.78, 5) is 16.4. The van der Waals surface area contributed by atoms with Crippen LogP contribution in [-0.2, 0) is 17.8 Å². The van der Waals surface area contributed by atoms with Crippen LogP contribution in [0.1, 0.15) is 17.7 Å². The third kappa shape index (κ3) is 2.39. The molecule has 0 radical (unpaired) electrons. The summed E-state index contributed by atoms with van der Waals surface area (Å²) in [7, 11) is 0. The van der Waals surface area contributed by atoms with Crippen LogP contribution >= 0.6 is 0 Å². The molecular formula is C15H17N3O2. The Kier molecular flexibility index (Phi) is 3.18. The molecule has 0 bridgehead atoms. The summed E-state index contributed by atoms with van der Waals surface area (Å²) in [5.74, 6) is -0.0118. The van der Waals surface area contributed by atoms with Crippen molar-refractivity contribution in [1.29, 1.82) is 0 Å². The van der Waals surface area contributed by atoms with E-state index < -0.39 is 0 Å². The van der Waals surface area contributed by atoms with E-state index in [-0.39, 0.29) is 17.6 Å². The third-order valence-corrected chi connectivity index (χ3v) is 3.75. The van der Waals surface area contributed by atoms with Crippen LogP contribution in [0.2, 0.25) is 0 Å². The standard InChI is InChI=1S/C15H17N3O2/c1-10-2-3-14(19)13(6-10)17-15(20)11-4-5-18-9-16-8-12(18)7-11/h2-3,6,8-9,11,19H,4-5,7H2,1H3,(H,17,20). The molecule has 5 heteroatoms. The highest BCUT2D eigenvalue weighted by Gasteiger charge is 2.25. The van der Waals surface area contributed by atoms with Crippen molar-refractivity contribution in [3.05, 3.63) is 42.0 Å². The van der Waals surface area contributed by atoms with Crippen LogP contribution in [0.15, 0.2) is 30.7 Å². The van der Waals surface area contributed by atoms with Gasteiger partial charge in [-0.2, -0.15) is 0 Å². The maximum atomic E-state index is 12.3. The number of aromatic hydroxyl groups is 1. The van der Waals surface area contributed by atoms with Gasteiger partial charge in [0.25, 0.3) is 0 Å². The molecule has 2 aromatic rings. The van der Waals surface area contributed by atoms with Gasteiger partial charge < -0.3 is 15.0 Å². The number of rotatable bonds is 2. The number of fused-ring (bicyclic) bond motifs is 1. The van der Waals surface area contributed by atoms with Crippen LogP contribution in [0, 0.1) is 12.8 Å². The normalized spacial score (nSPS) is 17.6. The molecule has 1 aliphatic heterocycles. The van der Waals surface area contributed by atoms with E-state index in [4.69, 9.17) is 0 Å². The lowest BCUT2D eigenvalue weighted by Crippen LogP contribution is -2.29. The molecule has 104 valence electrons. The summed E-state index contributed by atoms with van der Waals surface area (Å²) >= 11 is 0. The second-order valence-corrected chi connectivity index (χ2v) is 5.28. The van der Waals surface area contributed by atoms with Crippen LogP contribution < -0.4 is 5.32 Å². The molecule has 1 unspecified atom stereocenters. The lowest BCUT2D eigenvalue weighted by Gasteiger charge is -2.23. The highest BCUT2D eigenvalue weighted by Crippen LogP contribution is 2.26. The van der Waals surface area contributed by atoms with Crippen molar-refractivity contribution in [2.45, 2.75) is 26.3 Å². The minimum Gasteiger partial charge on any atom is -0.506 e. The fourth-order valence-electron chi connectivity index (χ4n) is 2.58. The zero-order valence-electron chi connectivity index (χ0n) is 11.3. The zero-order valence-corrected chi connectivity index (χ0v) is 11.3. The quantitative estimate of drug-likeness (QED) is 0.822. The molecule has 2 heterocycles. The number of benzene rings is 1. The molecule has 20 heavy (non-hydrogen) atoms. The number of phenols is 1. The molecule has 1 aliphatic rings. The van der Waals surface area contributed by atoms with E-state index >= 15 is 0 Å². The molecule has 1 aromatic heterocycles. The Bertz CT molecular complexity index is 648. The predicted octanol–water partition coefficient (Wildman–Crippen LogP) is 2.10. The number of amides is 1. The topological polar surface area (TPSA) is 67.2 Å². The number of imidazole rings is 1. The number of nitrogens with one attached hydrogen (secondary N) is 1. The third-order valence-electron chi connectivity index (χ3n) is 3.75. The van der Waals surface area contributed by atoms with E-state index in [1.807, 2.05) is 19.2 Å². The lowest BCUT2D eigenvalue weighted by molar-refractivity contribution is -0.120. The molecule has 5 nitrogen and oxygen atoms in total. The molecule has 0 spiro atoms. The van der Waals surface area contributed by atoms with Gasteiger partial charge in [-0.25, -0.2) is 4.98 Å². The second-order valence-electron chi connectivity index (χ2n) is 5.28. The number of hydrogen-bond acceptors (Lipinski definition) is 3. The number of carbonyl (C=O) groups is 1. The summed E-state index contributed by atoms with van der Waals surface area (Å²) < 4.78 is 2.08. The van der Waals surface area contributed by atoms with E-state index in [2.05, 4.69) is 14.9 Å². The van der Waals surface area contributed by atoms with Crippen molar-refractivity contribution < 1.29 is 9.90 Å². The van der Waals surface area contributed by atoms with Crippen LogP contribution in [0.5, 0.6) is 5.75 Å². The average molecular weight is 271 g/mol. The first kappa shape index (κ1) is 12.7. The number of aromatic nitrogens is 2. The number of phenolic OH excluding ortho intramolecular Hbond substituents is 1. The summed E-state index contributed by atoms with van der Waals surface area (Å²) in [6.07, 6.45) is 5.10. The van der Waals surface area contributed by atoms with Gasteiger partial charge >= 0.3 is 0 Å². The molecule has 0 saturated heterocycles. The zero-order chi connectivity index (χ0) is 14.1. The van der Waals surface area contributed by atoms with E-state index in [1.54, 1.807) is 18.5 Å². The summed E-state index contributed by atoms with van der Waals surface area (Å²) in [6, 6.07) is 5.19. The Labute approximate surface area is 117 Å². The van der Waals surface area contributed by atoms with Gasteiger partial charge in [-0.15, -0.1) is 0 Å². The van der Waals surface area contributed by atoms with Gasteiger partial charge in [0.1, 0.15) is 5.75 Å². The number of anilines is 1. The summed E-state index contributed by atoms with van der Waals surface area (Å²) in [6.45, 7) is 2.74. The fourth-order valence-corrected chi connectivity index (χ4v) is 2.58. The first-order chi connectivity index (χ1) is 9.63. The van der Waals surface area contributed by atoms with Gasteiger partial charge in [-0.3, -0.25) is 4.79 Å². The molecule has 0 fully saturated rings. The Morgan fingerprint density at radius 3 is 3.20 bits per heavy atom. The summed E-state index contributed by atoms with van der Waals surface area (Å²) in [5.41, 5.74) is 2.57. The Hall–Kier alpha value is -2.30. The largest absolute Gasteiger partial charge is 0.506 e. The second kappa shape index (κ2) is 5.00. The number of aryl methyl sites for hydroxylation is 2. The average Bonchev–Trinajstić information content (AvgIpc) is 2.90. The number of hydrogen-bond donors (Lipinski definition) is 2. The Morgan fingerprint density at radius 2 is 2.35 bits per heavy atom. The van der Waals surface area contributed by atoms with E-state index in [1.165, 1.54) is 0 Å². The monoisotopic (exact) mass is 271 g/mol. The van der Waals surface area contributed by atoms with Gasteiger partial charge in [0, 0.05) is 30.8 Å². The molecular weight excluding hydrogens is 254 g/mol. The first-order valence-corrected chi connectivity index (χ1v) is 6.73. The van der Waals surface area contributed by atoms with Gasteiger partial charge in [-0.1, -0.05) is 6.07 Å². The summed E-state index contributed by atoms with van der Waals surface area (Å²) in [5, 5.41) is 12.6. The smallest absolute Gasteiger partial charge is 0.228 e. The van der Waals surface area contributed by atoms with Gasteiger partial charge in [0.15, 0.2) is 0 Å². The van der Waals surface area contributed by atoms with Crippen LogP contribution in [0.3, 0.4) is 0 Å². The maximum absolute atomic E-state index is 12.3. The number of nitrogens with zero attached hydrogens (tertiary/aromatic N) is 2. The van der Waals surface area contributed by atoms with E-state index in [9.17, 15) is 9.90 Å². The lowest BCUT2D eigenvalue weighted by atomic mass is 9.95. The van der Waals surface area contributed by atoms with Gasteiger partial charge in [0.05, 0.1) is 12.0 Å². The SMILES string of the molecule is Cc1ccc(O)c(NC(=O)C2CCn3cncc3C2)c1. The van der Waals surface area contributed by atoms with Crippen molar-refractivity contribution in [2.75, 3.05) is 5.32 Å². The molecule has 1 aromatic carbocycles. The maximum Gasteiger partial charge on any atom is 0.228 e. The minimum atomic E-state index is -0.0703. The highest BCUT2D eigenvalue weighted by molar-refractivity contribution is 5.94. The highest BCUT2D eigenvalue weighted by atomic mass is 16.3. The van der Waals surface area contributed by atoms with Crippen molar-refractivity contribution in [2.24, 2.45) is 5.92 Å². The van der Waals surface area contributed by atoms with Gasteiger partial charge in [0.2, 0.25) is 5.91 Å². The van der Waals surface area contributed by atoms with Gasteiger partial charge in [-0.05, 0) is 31.0 Å². The molecule has 3 rings (SSSR count). The first-order valence-electron chi connectivity index (χ1n) is 6.73. The Balaban J connectivity index is 1.73. The van der Waals surface area contributed by atoms with Crippen molar-refractivity contribution >= 4 is 11.6 Å². The van der Waals surface area contributed by atoms with Crippen molar-refractivity contribution in [1.82, 2.24) is 9.55 Å². The van der Waals surface area contributed by atoms with E-state index in [0.717, 1.165) is 24.2 Å². The van der Waals surface area contributed by atoms with Crippen LogP contribution in [0.4, 0.5) is 5.69 Å². The molecule has 0 aliphatic carbocycles. The van der Waals surface area contributed by atoms with E-state index in [0.29, 0.717) is 12.1 Å². The molecule has 2 N–H and O–H groups in total. The Morgan fingerprint density at radius 1 is 1.50 bits per heavy atom. The number of carbonyl (C=O) groups excluding carboxylic acids is 1. The minimum absolute atomic E-state index is 0.0432. The molecule has 0 saturated carbocycles. The molecule has 1 amide bonds. The van der Waals surface area contributed by atoms with Crippen molar-refractivity contribution in [3.8, 4) is 5.75 Å². The van der Waals surface area contributed by atoms with Crippen LogP contribution in [-0.4, -0.2) is 20.6 Å². The molecule has 1 atom stereocenters. The van der Waals surface area contributed by atoms with Crippen molar-refractivity contribution in [3.63, 3.8) is 0 Å². The predicted molar refractivity (Wildman–Crippen MR) is 75.5 cm³/mol. The van der Waals surface area contributed by atoms with Crippen LogP contribution in [0.25, 0.3) is 0 Å². The fraction of sp³-hybridized carbons (Fsp3) is 0.333.